The second-order valence-corrected chi connectivity index (χ2v) is 7.88. The summed E-state index contributed by atoms with van der Waals surface area (Å²) in [5.74, 6) is 0.999. The van der Waals surface area contributed by atoms with Crippen LogP contribution < -0.4 is 5.32 Å². The molecule has 3 aromatic heterocycles. The zero-order valence-corrected chi connectivity index (χ0v) is 17.6. The smallest absolute Gasteiger partial charge is 0.268 e. The molecule has 0 fully saturated rings. The normalized spacial score (nSPS) is 12.7. The van der Waals surface area contributed by atoms with Crippen LogP contribution in [-0.4, -0.2) is 38.8 Å². The highest BCUT2D eigenvalue weighted by molar-refractivity contribution is 5.99. The number of hydrogen-bond donors (Lipinski definition) is 1. The van der Waals surface area contributed by atoms with Gasteiger partial charge in [-0.25, -0.2) is 0 Å². The summed E-state index contributed by atoms with van der Waals surface area (Å²) in [4.78, 5) is 13.4. The molecule has 0 saturated carbocycles. The minimum absolute atomic E-state index is 0.124. The van der Waals surface area contributed by atoms with Crippen molar-refractivity contribution < 1.29 is 9.53 Å². The number of nitrogens with one attached hydrogen (secondary N) is 1. The fourth-order valence-corrected chi connectivity index (χ4v) is 3.85. The first-order valence-corrected chi connectivity index (χ1v) is 10.3. The number of methoxy groups -OCH3 is 1. The van der Waals surface area contributed by atoms with E-state index in [9.17, 15) is 4.79 Å². The number of carbonyl (C=O) groups is 1. The lowest BCUT2D eigenvalue weighted by molar-refractivity contribution is 0.0918. The van der Waals surface area contributed by atoms with Crippen molar-refractivity contribution >= 4 is 22.5 Å². The van der Waals surface area contributed by atoms with E-state index in [0.717, 1.165) is 28.8 Å². The number of rotatable bonds is 8. The van der Waals surface area contributed by atoms with Crippen molar-refractivity contribution in [1.82, 2.24) is 24.5 Å². The fourth-order valence-electron chi connectivity index (χ4n) is 3.85. The molecule has 1 unspecified atom stereocenters. The van der Waals surface area contributed by atoms with Crippen molar-refractivity contribution in [3.05, 3.63) is 66.2 Å². The summed E-state index contributed by atoms with van der Waals surface area (Å²) in [5, 5.41) is 12.9. The van der Waals surface area contributed by atoms with Crippen LogP contribution in [0, 0.1) is 5.92 Å². The van der Waals surface area contributed by atoms with E-state index in [1.165, 1.54) is 0 Å². The van der Waals surface area contributed by atoms with Crippen LogP contribution in [-0.2, 0) is 11.3 Å². The maximum Gasteiger partial charge on any atom is 0.268 e. The fraction of sp³-hybridized carbons (Fsp3) is 0.348. The first-order valence-electron chi connectivity index (χ1n) is 10.3. The molecule has 0 aliphatic carbocycles. The number of carbonyl (C=O) groups excluding carboxylic acids is 1. The molecule has 7 nitrogen and oxygen atoms in total. The standard InChI is InChI=1S/C23H27N5O2/c1-16(2)14-18(22-26-25-21-10-6-7-11-28(21)22)24-23(29)20-15-17-8-4-5-9-19(17)27(20)12-13-30-3/h4-11,15-16,18H,12-14H2,1-3H3,(H,24,29). The average molecular weight is 406 g/mol. The highest BCUT2D eigenvalue weighted by atomic mass is 16.5. The number of amides is 1. The molecular formula is C23H27N5O2. The first-order chi connectivity index (χ1) is 14.6. The van der Waals surface area contributed by atoms with Crippen molar-refractivity contribution in [1.29, 1.82) is 0 Å². The van der Waals surface area contributed by atoms with Crippen molar-refractivity contribution in [2.45, 2.75) is 32.9 Å². The Morgan fingerprint density at radius 3 is 2.73 bits per heavy atom. The van der Waals surface area contributed by atoms with Crippen molar-refractivity contribution in [3.63, 3.8) is 0 Å². The molecule has 0 radical (unpaired) electrons. The van der Waals surface area contributed by atoms with E-state index in [-0.39, 0.29) is 11.9 Å². The molecule has 0 spiro atoms. The van der Waals surface area contributed by atoms with E-state index in [1.54, 1.807) is 7.11 Å². The first kappa shape index (κ1) is 20.1. The molecule has 3 heterocycles. The molecule has 30 heavy (non-hydrogen) atoms. The van der Waals surface area contributed by atoms with Crippen LogP contribution >= 0.6 is 0 Å². The van der Waals surface area contributed by atoms with Gasteiger partial charge in [-0.3, -0.25) is 9.20 Å². The monoisotopic (exact) mass is 405 g/mol. The summed E-state index contributed by atoms with van der Waals surface area (Å²) >= 11 is 0. The second-order valence-electron chi connectivity index (χ2n) is 7.88. The predicted molar refractivity (Wildman–Crippen MR) is 116 cm³/mol. The number of para-hydroxylation sites is 1. The van der Waals surface area contributed by atoms with Crippen molar-refractivity contribution in [2.24, 2.45) is 5.92 Å². The molecule has 1 atom stereocenters. The zero-order valence-electron chi connectivity index (χ0n) is 17.6. The summed E-state index contributed by atoms with van der Waals surface area (Å²) in [6.07, 6.45) is 2.69. The summed E-state index contributed by atoms with van der Waals surface area (Å²) in [7, 11) is 1.67. The Morgan fingerprint density at radius 1 is 1.13 bits per heavy atom. The molecule has 1 amide bonds. The van der Waals surface area contributed by atoms with E-state index in [2.05, 4.69) is 29.4 Å². The molecular weight excluding hydrogens is 378 g/mol. The Bertz CT molecular complexity index is 1160. The average Bonchev–Trinajstić information content (AvgIpc) is 3.33. The van der Waals surface area contributed by atoms with Gasteiger partial charge in [-0.2, -0.15) is 0 Å². The van der Waals surface area contributed by atoms with Gasteiger partial charge in [-0.1, -0.05) is 38.1 Å². The Labute approximate surface area is 175 Å². The zero-order chi connectivity index (χ0) is 21.1. The van der Waals surface area contributed by atoms with Crippen LogP contribution in [0.1, 0.15) is 42.6 Å². The van der Waals surface area contributed by atoms with E-state index < -0.39 is 0 Å². The number of pyridine rings is 1. The maximum atomic E-state index is 13.4. The van der Waals surface area contributed by atoms with E-state index in [0.29, 0.717) is 24.8 Å². The molecule has 1 aromatic carbocycles. The second kappa shape index (κ2) is 8.67. The lowest BCUT2D eigenvalue weighted by atomic mass is 10.0. The third-order valence-electron chi connectivity index (χ3n) is 5.23. The molecule has 4 rings (SSSR count). The summed E-state index contributed by atoms with van der Waals surface area (Å²) in [5.41, 5.74) is 2.41. The number of benzene rings is 1. The van der Waals surface area contributed by atoms with Gasteiger partial charge >= 0.3 is 0 Å². The Kier molecular flexibility index (Phi) is 5.81. The quantitative estimate of drug-likeness (QED) is 0.483. The van der Waals surface area contributed by atoms with E-state index in [4.69, 9.17) is 4.74 Å². The van der Waals surface area contributed by atoms with Gasteiger partial charge in [-0.15, -0.1) is 10.2 Å². The van der Waals surface area contributed by atoms with Gasteiger partial charge < -0.3 is 14.6 Å². The molecule has 0 aliphatic rings. The predicted octanol–water partition coefficient (Wildman–Crippen LogP) is 3.85. The molecule has 7 heteroatoms. The highest BCUT2D eigenvalue weighted by Crippen LogP contribution is 2.24. The minimum Gasteiger partial charge on any atom is -0.383 e. The topological polar surface area (TPSA) is 73.4 Å². The van der Waals surface area contributed by atoms with Crippen LogP contribution in [0.3, 0.4) is 0 Å². The lowest BCUT2D eigenvalue weighted by Gasteiger charge is -2.20. The van der Waals surface area contributed by atoms with Crippen LogP contribution in [0.2, 0.25) is 0 Å². The number of fused-ring (bicyclic) bond motifs is 2. The highest BCUT2D eigenvalue weighted by Gasteiger charge is 2.24. The summed E-state index contributed by atoms with van der Waals surface area (Å²) in [6.45, 7) is 5.41. The van der Waals surface area contributed by atoms with Gasteiger partial charge in [-0.05, 0) is 36.6 Å². The number of hydrogen-bond acceptors (Lipinski definition) is 4. The van der Waals surface area contributed by atoms with Crippen LogP contribution in [0.4, 0.5) is 0 Å². The third kappa shape index (κ3) is 3.93. The third-order valence-corrected chi connectivity index (χ3v) is 5.23. The minimum atomic E-state index is -0.246. The molecule has 156 valence electrons. The van der Waals surface area contributed by atoms with Crippen LogP contribution in [0.25, 0.3) is 16.6 Å². The molecule has 0 saturated heterocycles. The van der Waals surface area contributed by atoms with Crippen molar-refractivity contribution in [2.75, 3.05) is 13.7 Å². The Morgan fingerprint density at radius 2 is 1.93 bits per heavy atom. The van der Waals surface area contributed by atoms with E-state index >= 15 is 0 Å². The number of ether oxygens (including phenoxy) is 1. The van der Waals surface area contributed by atoms with Gasteiger partial charge in [0.1, 0.15) is 5.69 Å². The molecule has 4 aromatic rings. The van der Waals surface area contributed by atoms with E-state index in [1.807, 2.05) is 63.7 Å². The maximum absolute atomic E-state index is 13.4. The summed E-state index contributed by atoms with van der Waals surface area (Å²) in [6, 6.07) is 15.5. The number of aromatic nitrogens is 4. The van der Waals surface area contributed by atoms with Crippen LogP contribution in [0.5, 0.6) is 0 Å². The molecule has 0 bridgehead atoms. The van der Waals surface area contributed by atoms with Gasteiger partial charge in [0.2, 0.25) is 0 Å². The Balaban J connectivity index is 1.69. The van der Waals surface area contributed by atoms with Gasteiger partial charge in [0.05, 0.1) is 12.6 Å². The van der Waals surface area contributed by atoms with Crippen LogP contribution in [0.15, 0.2) is 54.7 Å². The molecule has 0 aliphatic heterocycles. The van der Waals surface area contributed by atoms with Gasteiger partial charge in [0.25, 0.3) is 5.91 Å². The Hall–Kier alpha value is -3.19. The SMILES string of the molecule is COCCn1c(C(=O)NC(CC(C)C)c2nnc3ccccn23)cc2ccccc21. The van der Waals surface area contributed by atoms with Crippen molar-refractivity contribution in [3.8, 4) is 0 Å². The summed E-state index contributed by atoms with van der Waals surface area (Å²) < 4.78 is 9.22. The van der Waals surface area contributed by atoms with Gasteiger partial charge in [0.15, 0.2) is 11.5 Å². The largest absolute Gasteiger partial charge is 0.383 e. The lowest BCUT2D eigenvalue weighted by Crippen LogP contribution is -2.32. The van der Waals surface area contributed by atoms with Gasteiger partial charge in [0, 0.05) is 30.8 Å². The number of nitrogens with zero attached hydrogens (tertiary/aromatic N) is 4. The molecule has 1 N–H and O–H groups in total.